The van der Waals surface area contributed by atoms with Crippen molar-refractivity contribution >= 4 is 23.2 Å². The van der Waals surface area contributed by atoms with E-state index in [1.165, 1.54) is 6.07 Å². The van der Waals surface area contributed by atoms with Gasteiger partial charge in [0.05, 0.1) is 28.0 Å². The lowest BCUT2D eigenvalue weighted by atomic mass is 10.1. The molecule has 4 rings (SSSR count). The normalized spacial score (nSPS) is 17.4. The summed E-state index contributed by atoms with van der Waals surface area (Å²) in [6, 6.07) is 3.45. The van der Waals surface area contributed by atoms with E-state index in [9.17, 15) is 13.2 Å². The number of alkyl halides is 3. The fraction of sp³-hybridized carbons (Fsp3) is 0.130. The van der Waals surface area contributed by atoms with Gasteiger partial charge in [-0.25, -0.2) is 9.97 Å². The van der Waals surface area contributed by atoms with Crippen LogP contribution in [-0.4, -0.2) is 9.97 Å². The highest BCUT2D eigenvalue weighted by Gasteiger charge is 2.30. The number of hydrogen-bond donors (Lipinski definition) is 0. The third kappa shape index (κ3) is 4.03. The van der Waals surface area contributed by atoms with Crippen molar-refractivity contribution in [1.82, 2.24) is 9.97 Å². The number of fused-ring (bicyclic) bond motifs is 1. The van der Waals surface area contributed by atoms with Gasteiger partial charge in [0.25, 0.3) is 0 Å². The number of allylic oxidation sites excluding steroid dienone is 10. The predicted octanol–water partition coefficient (Wildman–Crippen LogP) is 6.16. The van der Waals surface area contributed by atoms with Crippen LogP contribution in [0.1, 0.15) is 17.0 Å². The quantitative estimate of drug-likeness (QED) is 0.637. The van der Waals surface area contributed by atoms with Crippen molar-refractivity contribution in [3.8, 4) is 0 Å². The Hall–Kier alpha value is -3.21. The molecule has 0 amide bonds. The van der Waals surface area contributed by atoms with Gasteiger partial charge in [0.1, 0.15) is 0 Å². The first-order valence-electron chi connectivity index (χ1n) is 8.94. The van der Waals surface area contributed by atoms with Crippen molar-refractivity contribution < 1.29 is 13.2 Å². The molecule has 0 fully saturated rings. The summed E-state index contributed by atoms with van der Waals surface area (Å²) in [6.45, 7) is 0. The maximum absolute atomic E-state index is 13.0. The summed E-state index contributed by atoms with van der Waals surface area (Å²) < 4.78 is 39.1. The number of aromatic nitrogens is 2. The number of hydrogen-bond acceptors (Lipinski definition) is 2. The maximum atomic E-state index is 13.0. The third-order valence-corrected chi connectivity index (χ3v) is 4.56. The summed E-state index contributed by atoms with van der Waals surface area (Å²) in [7, 11) is 0. The van der Waals surface area contributed by atoms with Crippen LogP contribution in [0, 0.1) is 11.8 Å². The Morgan fingerprint density at radius 1 is 0.714 bits per heavy atom. The molecule has 0 unspecified atom stereocenters. The van der Waals surface area contributed by atoms with Gasteiger partial charge < -0.3 is 0 Å². The predicted molar refractivity (Wildman–Crippen MR) is 106 cm³/mol. The minimum absolute atomic E-state index is 0.150. The molecule has 5 heteroatoms. The first-order valence-corrected chi connectivity index (χ1v) is 8.94. The van der Waals surface area contributed by atoms with Gasteiger partial charge in [-0.3, -0.25) is 0 Å². The smallest absolute Gasteiger partial charge is 0.245 e. The monoisotopic (exact) mass is 378 g/mol. The maximum Gasteiger partial charge on any atom is 0.416 e. The lowest BCUT2D eigenvalue weighted by molar-refractivity contribution is -0.137. The highest BCUT2D eigenvalue weighted by atomic mass is 19.4. The molecule has 0 saturated carbocycles. The van der Waals surface area contributed by atoms with Crippen molar-refractivity contribution in [3.05, 3.63) is 95.9 Å². The molecule has 1 heterocycles. The van der Waals surface area contributed by atoms with Crippen molar-refractivity contribution in [2.24, 2.45) is 11.8 Å². The average molecular weight is 378 g/mol. The summed E-state index contributed by atoms with van der Waals surface area (Å²) in [5.74, 6) is 0.333. The molecule has 1 aromatic carbocycles. The highest BCUT2D eigenvalue weighted by molar-refractivity contribution is 5.79. The molecule has 0 atom stereocenters. The molecular weight excluding hydrogens is 361 g/mol. The van der Waals surface area contributed by atoms with Crippen LogP contribution in [-0.2, 0) is 6.18 Å². The zero-order valence-corrected chi connectivity index (χ0v) is 14.8. The second-order valence-electron chi connectivity index (χ2n) is 6.61. The number of halogens is 3. The van der Waals surface area contributed by atoms with Crippen LogP contribution < -0.4 is 0 Å². The lowest BCUT2D eigenvalue weighted by Gasteiger charge is -2.09. The van der Waals surface area contributed by atoms with Crippen molar-refractivity contribution in [2.75, 3.05) is 0 Å². The standard InChI is InChI=1S/C23H17F3N2/c24-23(25,26)18-11-14-21-22(15-18)28-20(13-10-17-7-3-4-8-17)19(27-21)12-9-16-5-1-2-6-16/h1-17H/b12-9+,13-10+. The van der Waals surface area contributed by atoms with Crippen LogP contribution in [0.3, 0.4) is 0 Å². The SMILES string of the molecule is FC(F)(F)c1ccc2nc(/C=C/C3C=CC=C3)c(/C=C/C3C=CC=C3)nc2c1. The van der Waals surface area contributed by atoms with Crippen molar-refractivity contribution in [3.63, 3.8) is 0 Å². The zero-order valence-electron chi connectivity index (χ0n) is 14.8. The molecule has 0 saturated heterocycles. The van der Waals surface area contributed by atoms with E-state index < -0.39 is 11.7 Å². The lowest BCUT2D eigenvalue weighted by Crippen LogP contribution is -2.05. The summed E-state index contributed by atoms with van der Waals surface area (Å²) in [4.78, 5) is 9.02. The first kappa shape index (κ1) is 18.2. The van der Waals surface area contributed by atoms with Crippen molar-refractivity contribution in [2.45, 2.75) is 6.18 Å². The van der Waals surface area contributed by atoms with Crippen LogP contribution in [0.25, 0.3) is 23.2 Å². The van der Waals surface area contributed by atoms with E-state index in [-0.39, 0.29) is 17.4 Å². The summed E-state index contributed by atoms with van der Waals surface area (Å²) >= 11 is 0. The molecule has 0 aliphatic heterocycles. The molecule has 0 radical (unpaired) electrons. The van der Waals surface area contributed by atoms with Crippen LogP contribution in [0.4, 0.5) is 13.2 Å². The minimum atomic E-state index is -4.41. The Labute approximate surface area is 160 Å². The van der Waals surface area contributed by atoms with Gasteiger partial charge in [-0.1, -0.05) is 60.8 Å². The highest BCUT2D eigenvalue weighted by Crippen LogP contribution is 2.31. The van der Waals surface area contributed by atoms with Gasteiger partial charge in [-0.15, -0.1) is 0 Å². The van der Waals surface area contributed by atoms with Gasteiger partial charge in [0, 0.05) is 11.8 Å². The van der Waals surface area contributed by atoms with Crippen molar-refractivity contribution in [1.29, 1.82) is 0 Å². The molecule has 28 heavy (non-hydrogen) atoms. The fourth-order valence-electron chi connectivity index (χ4n) is 3.06. The van der Waals surface area contributed by atoms with E-state index in [0.29, 0.717) is 16.9 Å². The molecule has 2 aromatic rings. The van der Waals surface area contributed by atoms with Crippen LogP contribution in [0.2, 0.25) is 0 Å². The number of nitrogens with zero attached hydrogens (tertiary/aromatic N) is 2. The number of benzene rings is 1. The van der Waals surface area contributed by atoms with E-state index in [4.69, 9.17) is 0 Å². The first-order chi connectivity index (χ1) is 13.5. The molecule has 0 N–H and O–H groups in total. The van der Waals surface area contributed by atoms with E-state index >= 15 is 0 Å². The molecule has 0 spiro atoms. The second-order valence-corrected chi connectivity index (χ2v) is 6.61. The Kier molecular flexibility index (Phi) is 4.82. The van der Waals surface area contributed by atoms with Gasteiger partial charge in [0.15, 0.2) is 0 Å². The molecule has 2 nitrogen and oxygen atoms in total. The summed E-state index contributed by atoms with van der Waals surface area (Å²) in [6.07, 6.45) is 19.2. The Balaban J connectivity index is 1.76. The summed E-state index contributed by atoms with van der Waals surface area (Å²) in [5.41, 5.74) is 1.11. The van der Waals surface area contributed by atoms with Gasteiger partial charge in [0.2, 0.25) is 0 Å². The Morgan fingerprint density at radius 3 is 1.71 bits per heavy atom. The third-order valence-electron chi connectivity index (χ3n) is 4.56. The van der Waals surface area contributed by atoms with E-state index in [0.717, 1.165) is 12.1 Å². The molecule has 140 valence electrons. The average Bonchev–Trinajstić information content (AvgIpc) is 3.37. The van der Waals surface area contributed by atoms with Crippen LogP contribution >= 0.6 is 0 Å². The van der Waals surface area contributed by atoms with Crippen LogP contribution in [0.5, 0.6) is 0 Å². The van der Waals surface area contributed by atoms with E-state index in [1.54, 1.807) is 0 Å². The fourth-order valence-corrected chi connectivity index (χ4v) is 3.06. The largest absolute Gasteiger partial charge is 0.416 e. The van der Waals surface area contributed by atoms with E-state index in [2.05, 4.69) is 9.97 Å². The summed E-state index contributed by atoms with van der Waals surface area (Å²) in [5, 5.41) is 0. The number of rotatable bonds is 4. The topological polar surface area (TPSA) is 25.8 Å². The second kappa shape index (κ2) is 7.43. The molecule has 1 aromatic heterocycles. The molecule has 0 bridgehead atoms. The molecule has 2 aliphatic carbocycles. The van der Waals surface area contributed by atoms with Crippen LogP contribution in [0.15, 0.2) is 79.0 Å². The Morgan fingerprint density at radius 2 is 1.21 bits per heavy atom. The Bertz CT molecular complexity index is 1050. The van der Waals surface area contributed by atoms with Gasteiger partial charge in [-0.05, 0) is 30.4 Å². The van der Waals surface area contributed by atoms with Gasteiger partial charge in [-0.2, -0.15) is 13.2 Å². The minimum Gasteiger partial charge on any atom is -0.245 e. The van der Waals surface area contributed by atoms with E-state index in [1.807, 2.05) is 72.9 Å². The van der Waals surface area contributed by atoms with Gasteiger partial charge >= 0.3 is 6.18 Å². The molecular formula is C23H17F3N2. The molecule has 2 aliphatic rings. The zero-order chi connectivity index (χ0) is 19.6.